The summed E-state index contributed by atoms with van der Waals surface area (Å²) < 4.78 is 0. The van der Waals surface area contributed by atoms with E-state index in [0.717, 1.165) is 6.54 Å². The first-order valence-electron chi connectivity index (χ1n) is 8.15. The van der Waals surface area contributed by atoms with Gasteiger partial charge in [-0.2, -0.15) is 0 Å². The molecule has 0 spiro atoms. The second-order valence-corrected chi connectivity index (χ2v) is 7.30. The molecule has 3 heteroatoms. The van der Waals surface area contributed by atoms with Gasteiger partial charge in [-0.15, -0.1) is 0 Å². The molecule has 2 fully saturated rings. The molecule has 2 aliphatic rings. The minimum atomic E-state index is 0.213. The van der Waals surface area contributed by atoms with Crippen molar-refractivity contribution >= 4 is 0 Å². The minimum absolute atomic E-state index is 0.213. The zero-order valence-electron chi connectivity index (χ0n) is 13.2. The molecule has 0 aromatic rings. The maximum Gasteiger partial charge on any atom is 0.0380 e. The van der Waals surface area contributed by atoms with Crippen LogP contribution in [0.4, 0.5) is 0 Å². The molecule has 2 rings (SSSR count). The highest BCUT2D eigenvalue weighted by Crippen LogP contribution is 2.46. The van der Waals surface area contributed by atoms with Gasteiger partial charge >= 0.3 is 0 Å². The Bertz CT molecular complexity index is 284. The van der Waals surface area contributed by atoms with E-state index in [1.54, 1.807) is 0 Å². The highest BCUT2D eigenvalue weighted by molar-refractivity contribution is 5.04. The van der Waals surface area contributed by atoms with Crippen LogP contribution in [0.25, 0.3) is 0 Å². The first-order chi connectivity index (χ1) is 9.02. The molecule has 1 aliphatic carbocycles. The molecule has 0 aromatic carbocycles. The van der Waals surface area contributed by atoms with Crippen LogP contribution in [0.3, 0.4) is 0 Å². The van der Waals surface area contributed by atoms with Gasteiger partial charge in [-0.1, -0.05) is 26.7 Å². The molecule has 2 N–H and O–H groups in total. The van der Waals surface area contributed by atoms with Crippen molar-refractivity contribution in [1.29, 1.82) is 0 Å². The van der Waals surface area contributed by atoms with Gasteiger partial charge in [0.05, 0.1) is 0 Å². The lowest BCUT2D eigenvalue weighted by molar-refractivity contribution is -0.0314. The zero-order chi connectivity index (χ0) is 13.9. The molecule has 112 valence electrons. The van der Waals surface area contributed by atoms with Crippen LogP contribution >= 0.6 is 0 Å². The van der Waals surface area contributed by atoms with Gasteiger partial charge in [-0.3, -0.25) is 4.90 Å². The van der Waals surface area contributed by atoms with Crippen molar-refractivity contribution in [3.05, 3.63) is 0 Å². The Morgan fingerprint density at radius 3 is 2.26 bits per heavy atom. The van der Waals surface area contributed by atoms with Crippen molar-refractivity contribution in [1.82, 2.24) is 9.80 Å². The fourth-order valence-corrected chi connectivity index (χ4v) is 4.31. The summed E-state index contributed by atoms with van der Waals surface area (Å²) in [7, 11) is 2.30. The predicted molar refractivity (Wildman–Crippen MR) is 82.3 cm³/mol. The van der Waals surface area contributed by atoms with E-state index in [4.69, 9.17) is 5.73 Å². The number of likely N-dealkylation sites (N-methyl/N-ethyl adjacent to an activating group) is 1. The monoisotopic (exact) mass is 267 g/mol. The lowest BCUT2D eigenvalue weighted by Crippen LogP contribution is -2.63. The van der Waals surface area contributed by atoms with Crippen LogP contribution in [0.15, 0.2) is 0 Å². The fourth-order valence-electron chi connectivity index (χ4n) is 4.31. The normalized spacial score (nSPS) is 32.1. The molecule has 1 saturated heterocycles. The molecule has 1 saturated carbocycles. The van der Waals surface area contributed by atoms with Crippen molar-refractivity contribution in [3.8, 4) is 0 Å². The first-order valence-corrected chi connectivity index (χ1v) is 8.15. The summed E-state index contributed by atoms with van der Waals surface area (Å²) in [5.74, 6) is 0. The Labute approximate surface area is 119 Å². The quantitative estimate of drug-likeness (QED) is 0.830. The Kier molecular flexibility index (Phi) is 4.91. The highest BCUT2D eigenvalue weighted by Gasteiger charge is 2.48. The maximum absolute atomic E-state index is 6.24. The summed E-state index contributed by atoms with van der Waals surface area (Å²) in [6, 6.07) is 0. The van der Waals surface area contributed by atoms with Crippen LogP contribution in [0.5, 0.6) is 0 Å². The molecule has 0 aromatic heterocycles. The van der Waals surface area contributed by atoms with Crippen molar-refractivity contribution in [2.45, 2.75) is 57.9 Å². The van der Waals surface area contributed by atoms with Crippen LogP contribution < -0.4 is 5.73 Å². The van der Waals surface area contributed by atoms with Gasteiger partial charge in [-0.25, -0.2) is 0 Å². The van der Waals surface area contributed by atoms with E-state index in [2.05, 4.69) is 30.7 Å². The highest BCUT2D eigenvalue weighted by atomic mass is 15.2. The lowest BCUT2D eigenvalue weighted by Gasteiger charge is -2.55. The third kappa shape index (κ3) is 2.98. The van der Waals surface area contributed by atoms with Crippen LogP contribution in [0.2, 0.25) is 0 Å². The third-order valence-corrected chi connectivity index (χ3v) is 5.92. The molecule has 1 aliphatic heterocycles. The SMILES string of the molecule is CN(CCN1CCCC1)C1(CN)CCCCC1(C)C. The van der Waals surface area contributed by atoms with Crippen molar-refractivity contribution in [2.24, 2.45) is 11.1 Å². The summed E-state index contributed by atoms with van der Waals surface area (Å²) in [6.45, 7) is 10.6. The van der Waals surface area contributed by atoms with E-state index in [0.29, 0.717) is 5.41 Å². The molecule has 1 unspecified atom stereocenters. The second-order valence-electron chi connectivity index (χ2n) is 7.30. The number of hydrogen-bond acceptors (Lipinski definition) is 3. The van der Waals surface area contributed by atoms with Gasteiger partial charge < -0.3 is 10.6 Å². The van der Waals surface area contributed by atoms with Gasteiger partial charge in [0.25, 0.3) is 0 Å². The molecule has 0 amide bonds. The average molecular weight is 267 g/mol. The first kappa shape index (κ1) is 15.3. The van der Waals surface area contributed by atoms with Crippen LogP contribution in [0, 0.1) is 5.41 Å². The summed E-state index contributed by atoms with van der Waals surface area (Å²) in [4.78, 5) is 5.20. The molecule has 0 radical (unpaired) electrons. The second kappa shape index (κ2) is 6.11. The molecular formula is C16H33N3. The lowest BCUT2D eigenvalue weighted by atomic mass is 9.62. The number of likely N-dealkylation sites (tertiary alicyclic amines) is 1. The number of nitrogens with two attached hydrogens (primary N) is 1. The molecule has 1 heterocycles. The number of rotatable bonds is 5. The summed E-state index contributed by atoms with van der Waals surface area (Å²) >= 11 is 0. The van der Waals surface area contributed by atoms with Crippen LogP contribution in [-0.4, -0.2) is 55.1 Å². The van der Waals surface area contributed by atoms with Gasteiger partial charge in [-0.05, 0) is 51.2 Å². The maximum atomic E-state index is 6.24. The van der Waals surface area contributed by atoms with E-state index >= 15 is 0 Å². The molecular weight excluding hydrogens is 234 g/mol. The molecule has 0 bridgehead atoms. The standard InChI is InChI=1S/C16H33N3/c1-15(2)8-4-5-9-16(15,14-17)18(3)12-13-19-10-6-7-11-19/h4-14,17H2,1-3H3. The smallest absolute Gasteiger partial charge is 0.0380 e. The van der Waals surface area contributed by atoms with Crippen molar-refractivity contribution < 1.29 is 0 Å². The number of nitrogens with zero attached hydrogens (tertiary/aromatic N) is 2. The summed E-state index contributed by atoms with van der Waals surface area (Å²) in [5.41, 5.74) is 6.80. The van der Waals surface area contributed by atoms with Gasteiger partial charge in [0.1, 0.15) is 0 Å². The molecule has 3 nitrogen and oxygen atoms in total. The summed E-state index contributed by atoms with van der Waals surface area (Å²) in [6.07, 6.45) is 8.07. The third-order valence-electron chi connectivity index (χ3n) is 5.92. The topological polar surface area (TPSA) is 32.5 Å². The fraction of sp³-hybridized carbons (Fsp3) is 1.00. The molecule has 1 atom stereocenters. The van der Waals surface area contributed by atoms with E-state index < -0.39 is 0 Å². The predicted octanol–water partition coefficient (Wildman–Crippen LogP) is 2.31. The van der Waals surface area contributed by atoms with Crippen LogP contribution in [0.1, 0.15) is 52.4 Å². The largest absolute Gasteiger partial charge is 0.329 e. The Morgan fingerprint density at radius 2 is 1.68 bits per heavy atom. The van der Waals surface area contributed by atoms with E-state index in [1.165, 1.54) is 64.7 Å². The van der Waals surface area contributed by atoms with E-state index in [9.17, 15) is 0 Å². The zero-order valence-corrected chi connectivity index (χ0v) is 13.2. The Morgan fingerprint density at radius 1 is 1.05 bits per heavy atom. The van der Waals surface area contributed by atoms with Gasteiger partial charge in [0, 0.05) is 25.2 Å². The van der Waals surface area contributed by atoms with E-state index in [1.807, 2.05) is 0 Å². The van der Waals surface area contributed by atoms with Crippen LogP contribution in [-0.2, 0) is 0 Å². The Hall–Kier alpha value is -0.120. The summed E-state index contributed by atoms with van der Waals surface area (Å²) in [5, 5.41) is 0. The van der Waals surface area contributed by atoms with Crippen molar-refractivity contribution in [2.75, 3.05) is 39.8 Å². The average Bonchev–Trinajstić information content (AvgIpc) is 2.89. The number of hydrogen-bond donors (Lipinski definition) is 1. The van der Waals surface area contributed by atoms with Crippen molar-refractivity contribution in [3.63, 3.8) is 0 Å². The van der Waals surface area contributed by atoms with Gasteiger partial charge in [0.15, 0.2) is 0 Å². The van der Waals surface area contributed by atoms with Gasteiger partial charge in [0.2, 0.25) is 0 Å². The van der Waals surface area contributed by atoms with E-state index in [-0.39, 0.29) is 5.54 Å². The Balaban J connectivity index is 1.98. The molecule has 19 heavy (non-hydrogen) atoms. The minimum Gasteiger partial charge on any atom is -0.329 e.